The molecule has 0 spiro atoms. The molecule has 28 heavy (non-hydrogen) atoms. The number of rotatable bonds is 9. The van der Waals surface area contributed by atoms with Gasteiger partial charge in [-0.3, -0.25) is 9.59 Å². The second-order valence-electron chi connectivity index (χ2n) is 6.12. The van der Waals surface area contributed by atoms with E-state index in [1.54, 1.807) is 37.3 Å². The average Bonchev–Trinajstić information content (AvgIpc) is 2.69. The van der Waals surface area contributed by atoms with Crippen LogP contribution in [0.4, 0.5) is 14.5 Å². The predicted molar refractivity (Wildman–Crippen MR) is 107 cm³/mol. The van der Waals surface area contributed by atoms with Gasteiger partial charge in [0, 0.05) is 16.5 Å². The first-order valence-electron chi connectivity index (χ1n) is 9.15. The van der Waals surface area contributed by atoms with Crippen molar-refractivity contribution in [3.05, 3.63) is 59.7 Å². The lowest BCUT2D eigenvalue weighted by molar-refractivity contribution is -0.143. The maximum Gasteiger partial charge on any atom is 0.319 e. The van der Waals surface area contributed by atoms with Crippen LogP contribution in [0.2, 0.25) is 0 Å². The number of hydrogen-bond donors (Lipinski definition) is 1. The Morgan fingerprint density at radius 3 is 2.46 bits per heavy atom. The summed E-state index contributed by atoms with van der Waals surface area (Å²) in [6.45, 7) is 4.09. The number of ether oxygens (including phenoxy) is 1. The number of benzene rings is 2. The lowest BCUT2D eigenvalue weighted by Gasteiger charge is -2.15. The molecule has 0 aromatic heterocycles. The molecule has 2 aromatic carbocycles. The second-order valence-corrected chi connectivity index (χ2v) is 7.36. The van der Waals surface area contributed by atoms with Gasteiger partial charge in [0.2, 0.25) is 0 Å². The number of carbonyl (C=O) groups excluding carboxylic acids is 2. The molecule has 0 saturated heterocycles. The summed E-state index contributed by atoms with van der Waals surface area (Å²) >= 11 is 0.960. The summed E-state index contributed by atoms with van der Waals surface area (Å²) in [7, 11) is 0. The van der Waals surface area contributed by atoms with E-state index in [2.05, 4.69) is 5.32 Å². The van der Waals surface area contributed by atoms with Gasteiger partial charge in [-0.1, -0.05) is 38.5 Å². The number of nitrogens with one attached hydrogen (secondary N) is 1. The highest BCUT2D eigenvalue weighted by Crippen LogP contribution is 2.32. The standard InChI is InChI=1S/C21H23F2NO3S/c1-3-5-11-27-21(26)18(4-2)28-19-13-17(15(22)12-16(19)23)24-20(25)14-9-7-6-8-10-14/h6-10,12-13,18H,3-5,11H2,1-2H3,(H,24,25). The molecule has 0 heterocycles. The molecule has 0 aliphatic heterocycles. The lowest BCUT2D eigenvalue weighted by Crippen LogP contribution is -2.20. The van der Waals surface area contributed by atoms with Crippen LogP contribution in [0, 0.1) is 11.6 Å². The Bertz CT molecular complexity index is 815. The largest absolute Gasteiger partial charge is 0.465 e. The van der Waals surface area contributed by atoms with Crippen molar-refractivity contribution < 1.29 is 23.1 Å². The number of unbranched alkanes of at least 4 members (excludes halogenated alkanes) is 1. The van der Waals surface area contributed by atoms with E-state index in [4.69, 9.17) is 4.74 Å². The normalized spacial score (nSPS) is 11.7. The van der Waals surface area contributed by atoms with Crippen LogP contribution < -0.4 is 5.32 Å². The molecule has 150 valence electrons. The summed E-state index contributed by atoms with van der Waals surface area (Å²) in [4.78, 5) is 24.5. The number of esters is 1. The number of halogens is 2. The summed E-state index contributed by atoms with van der Waals surface area (Å²) in [5, 5.41) is 1.83. The Hall–Kier alpha value is -2.41. The SMILES string of the molecule is CCCCOC(=O)C(CC)Sc1cc(NC(=O)c2ccccc2)c(F)cc1F. The molecule has 0 saturated carbocycles. The first-order chi connectivity index (χ1) is 13.5. The highest BCUT2D eigenvalue weighted by Gasteiger charge is 2.22. The van der Waals surface area contributed by atoms with Crippen LogP contribution in [0.25, 0.3) is 0 Å². The highest BCUT2D eigenvalue weighted by atomic mass is 32.2. The predicted octanol–water partition coefficient (Wildman–Crippen LogP) is 5.43. The van der Waals surface area contributed by atoms with Crippen molar-refractivity contribution in [2.75, 3.05) is 11.9 Å². The number of thioether (sulfide) groups is 1. The average molecular weight is 407 g/mol. The Balaban J connectivity index is 2.15. The van der Waals surface area contributed by atoms with Gasteiger partial charge in [0.25, 0.3) is 5.91 Å². The molecule has 0 radical (unpaired) electrons. The summed E-state index contributed by atoms with van der Waals surface area (Å²) in [5.74, 6) is -2.61. The van der Waals surface area contributed by atoms with Crippen molar-refractivity contribution >= 4 is 29.3 Å². The second kappa shape index (κ2) is 10.8. The molecule has 0 fully saturated rings. The smallest absolute Gasteiger partial charge is 0.319 e. The van der Waals surface area contributed by atoms with Crippen molar-refractivity contribution in [2.24, 2.45) is 0 Å². The number of anilines is 1. The minimum Gasteiger partial charge on any atom is -0.465 e. The summed E-state index contributed by atoms with van der Waals surface area (Å²) in [6, 6.07) is 10.2. The van der Waals surface area contributed by atoms with E-state index in [-0.39, 0.29) is 10.6 Å². The van der Waals surface area contributed by atoms with Crippen molar-refractivity contribution in [3.63, 3.8) is 0 Å². The topological polar surface area (TPSA) is 55.4 Å². The quantitative estimate of drug-likeness (QED) is 0.342. The molecular weight excluding hydrogens is 384 g/mol. The molecule has 1 amide bonds. The molecule has 7 heteroatoms. The molecular formula is C21H23F2NO3S. The van der Waals surface area contributed by atoms with Crippen molar-refractivity contribution in [1.29, 1.82) is 0 Å². The van der Waals surface area contributed by atoms with E-state index in [9.17, 15) is 18.4 Å². The van der Waals surface area contributed by atoms with Crippen molar-refractivity contribution in [2.45, 2.75) is 43.3 Å². The van der Waals surface area contributed by atoms with Gasteiger partial charge < -0.3 is 10.1 Å². The molecule has 0 bridgehead atoms. The Kier molecular flexibility index (Phi) is 8.44. The number of hydrogen-bond acceptors (Lipinski definition) is 4. The molecule has 2 aromatic rings. The Labute approximate surface area is 167 Å². The first kappa shape index (κ1) is 21.9. The van der Waals surface area contributed by atoms with Crippen LogP contribution in [-0.4, -0.2) is 23.7 Å². The van der Waals surface area contributed by atoms with Gasteiger partial charge in [-0.15, -0.1) is 11.8 Å². The van der Waals surface area contributed by atoms with Gasteiger partial charge in [-0.2, -0.15) is 0 Å². The third-order valence-corrected chi connectivity index (χ3v) is 5.33. The zero-order chi connectivity index (χ0) is 20.5. The van der Waals surface area contributed by atoms with E-state index in [1.165, 1.54) is 6.07 Å². The van der Waals surface area contributed by atoms with Crippen LogP contribution in [0.15, 0.2) is 47.4 Å². The molecule has 1 atom stereocenters. The Morgan fingerprint density at radius 1 is 1.11 bits per heavy atom. The molecule has 0 aliphatic rings. The lowest BCUT2D eigenvalue weighted by atomic mass is 10.2. The molecule has 1 unspecified atom stereocenters. The summed E-state index contributed by atoms with van der Waals surface area (Å²) in [6.07, 6.45) is 2.08. The van der Waals surface area contributed by atoms with Crippen LogP contribution in [0.5, 0.6) is 0 Å². The van der Waals surface area contributed by atoms with E-state index < -0.39 is 28.8 Å². The monoisotopic (exact) mass is 407 g/mol. The van der Waals surface area contributed by atoms with Crippen LogP contribution in [0.1, 0.15) is 43.5 Å². The van der Waals surface area contributed by atoms with E-state index in [1.807, 2.05) is 6.92 Å². The van der Waals surface area contributed by atoms with Crippen molar-refractivity contribution in [1.82, 2.24) is 0 Å². The molecule has 4 nitrogen and oxygen atoms in total. The third-order valence-electron chi connectivity index (χ3n) is 3.95. The zero-order valence-corrected chi connectivity index (χ0v) is 16.7. The Morgan fingerprint density at radius 2 is 1.82 bits per heavy atom. The zero-order valence-electron chi connectivity index (χ0n) is 15.8. The maximum atomic E-state index is 14.2. The third kappa shape index (κ3) is 6.05. The molecule has 1 N–H and O–H groups in total. The fourth-order valence-corrected chi connectivity index (χ4v) is 3.36. The van der Waals surface area contributed by atoms with Gasteiger partial charge in [0.15, 0.2) is 0 Å². The molecule has 0 aliphatic carbocycles. The highest BCUT2D eigenvalue weighted by molar-refractivity contribution is 8.00. The van der Waals surface area contributed by atoms with Gasteiger partial charge in [0.1, 0.15) is 16.9 Å². The minimum absolute atomic E-state index is 0.0732. The van der Waals surface area contributed by atoms with Gasteiger partial charge in [-0.05, 0) is 31.0 Å². The molecule has 2 rings (SSSR count). The van der Waals surface area contributed by atoms with E-state index in [0.717, 1.165) is 24.6 Å². The van der Waals surface area contributed by atoms with E-state index >= 15 is 0 Å². The van der Waals surface area contributed by atoms with Gasteiger partial charge in [-0.25, -0.2) is 8.78 Å². The van der Waals surface area contributed by atoms with Crippen LogP contribution in [0.3, 0.4) is 0 Å². The number of carbonyl (C=O) groups is 2. The fourth-order valence-electron chi connectivity index (χ4n) is 2.36. The maximum absolute atomic E-state index is 14.2. The minimum atomic E-state index is -0.885. The summed E-state index contributed by atoms with van der Waals surface area (Å²) in [5.41, 5.74) is 0.207. The van der Waals surface area contributed by atoms with Gasteiger partial charge in [0.05, 0.1) is 12.3 Å². The fraction of sp³-hybridized carbons (Fsp3) is 0.333. The van der Waals surface area contributed by atoms with Gasteiger partial charge >= 0.3 is 5.97 Å². The first-order valence-corrected chi connectivity index (χ1v) is 10.0. The van der Waals surface area contributed by atoms with Crippen molar-refractivity contribution in [3.8, 4) is 0 Å². The summed E-state index contributed by atoms with van der Waals surface area (Å²) < 4.78 is 33.6. The van der Waals surface area contributed by atoms with E-state index in [0.29, 0.717) is 24.7 Å². The van der Waals surface area contributed by atoms with Crippen LogP contribution >= 0.6 is 11.8 Å². The number of amides is 1. The van der Waals surface area contributed by atoms with Crippen LogP contribution in [-0.2, 0) is 9.53 Å².